The van der Waals surface area contributed by atoms with Crippen LogP contribution in [0.2, 0.25) is 0 Å². The maximum atomic E-state index is 10.9. The lowest BCUT2D eigenvalue weighted by Gasteiger charge is -2.09. The molecule has 0 heterocycles. The molecule has 2 unspecified atom stereocenters. The zero-order valence-corrected chi connectivity index (χ0v) is 5.66. The van der Waals surface area contributed by atoms with Crippen molar-refractivity contribution in [3.8, 4) is 0 Å². The first kappa shape index (κ1) is 7.22. The largest absolute Gasteiger partial charge is 0.388 e. The molecular formula is C8H10O2. The summed E-state index contributed by atoms with van der Waals surface area (Å²) in [5.74, 6) is -0.259. The van der Waals surface area contributed by atoms with Crippen LogP contribution in [0.5, 0.6) is 0 Å². The second kappa shape index (κ2) is 2.80. The number of allylic oxidation sites excluding steroid dienone is 1. The standard InChI is InChI=1S/C8H10O2/c1-2-7(9)6-4-3-5-8(6)10/h2-4,6-7,9H,1,5H2. The van der Waals surface area contributed by atoms with Gasteiger partial charge in [0.25, 0.3) is 0 Å². The molecule has 2 heteroatoms. The Hall–Kier alpha value is -0.890. The molecular weight excluding hydrogens is 128 g/mol. The van der Waals surface area contributed by atoms with E-state index in [1.54, 1.807) is 12.2 Å². The Morgan fingerprint density at radius 3 is 3.00 bits per heavy atom. The number of carbonyl (C=O) groups is 1. The van der Waals surface area contributed by atoms with Crippen molar-refractivity contribution >= 4 is 5.78 Å². The lowest BCUT2D eigenvalue weighted by atomic mass is 10.0. The number of Topliss-reactive ketones (excluding diaryl/α,β-unsaturated/α-hetero) is 1. The van der Waals surface area contributed by atoms with Gasteiger partial charge in [-0.15, -0.1) is 6.58 Å². The molecule has 0 aromatic carbocycles. The van der Waals surface area contributed by atoms with E-state index in [2.05, 4.69) is 6.58 Å². The summed E-state index contributed by atoms with van der Waals surface area (Å²) in [6.07, 6.45) is 4.65. The van der Waals surface area contributed by atoms with Gasteiger partial charge in [0.05, 0.1) is 12.0 Å². The van der Waals surface area contributed by atoms with Crippen molar-refractivity contribution in [2.24, 2.45) is 5.92 Å². The normalized spacial score (nSPS) is 26.9. The molecule has 0 spiro atoms. The molecule has 1 N–H and O–H groups in total. The highest BCUT2D eigenvalue weighted by Crippen LogP contribution is 2.17. The van der Waals surface area contributed by atoms with E-state index in [0.29, 0.717) is 6.42 Å². The van der Waals surface area contributed by atoms with E-state index in [-0.39, 0.29) is 11.7 Å². The van der Waals surface area contributed by atoms with E-state index in [9.17, 15) is 4.79 Å². The van der Waals surface area contributed by atoms with Crippen LogP contribution in [0, 0.1) is 5.92 Å². The van der Waals surface area contributed by atoms with E-state index in [1.165, 1.54) is 6.08 Å². The number of ketones is 1. The molecule has 0 radical (unpaired) electrons. The summed E-state index contributed by atoms with van der Waals surface area (Å²) < 4.78 is 0. The molecule has 54 valence electrons. The number of hydrogen-bond acceptors (Lipinski definition) is 2. The second-order valence-corrected chi connectivity index (χ2v) is 2.35. The lowest BCUT2D eigenvalue weighted by molar-refractivity contribution is -0.121. The Balaban J connectivity index is 2.63. The first-order valence-electron chi connectivity index (χ1n) is 3.25. The number of rotatable bonds is 2. The molecule has 10 heavy (non-hydrogen) atoms. The van der Waals surface area contributed by atoms with Gasteiger partial charge >= 0.3 is 0 Å². The Morgan fingerprint density at radius 2 is 2.60 bits per heavy atom. The molecule has 0 amide bonds. The molecule has 2 atom stereocenters. The van der Waals surface area contributed by atoms with Crippen LogP contribution in [-0.2, 0) is 4.79 Å². The molecule has 0 saturated carbocycles. The van der Waals surface area contributed by atoms with Crippen molar-refractivity contribution in [2.75, 3.05) is 0 Å². The van der Waals surface area contributed by atoms with Crippen LogP contribution in [0.15, 0.2) is 24.8 Å². The maximum absolute atomic E-state index is 10.9. The summed E-state index contributed by atoms with van der Waals surface area (Å²) >= 11 is 0. The van der Waals surface area contributed by atoms with Gasteiger partial charge in [-0.05, 0) is 0 Å². The molecule has 1 aliphatic rings. The molecule has 0 bridgehead atoms. The van der Waals surface area contributed by atoms with Gasteiger partial charge in [0.1, 0.15) is 5.78 Å². The lowest BCUT2D eigenvalue weighted by Crippen LogP contribution is -2.20. The van der Waals surface area contributed by atoms with E-state index in [4.69, 9.17) is 5.11 Å². The third-order valence-electron chi connectivity index (χ3n) is 1.64. The van der Waals surface area contributed by atoms with Gasteiger partial charge in [0.2, 0.25) is 0 Å². The van der Waals surface area contributed by atoms with Crippen LogP contribution in [0.25, 0.3) is 0 Å². The van der Waals surface area contributed by atoms with Gasteiger partial charge in [-0.25, -0.2) is 0 Å². The predicted molar refractivity (Wildman–Crippen MR) is 38.5 cm³/mol. The van der Waals surface area contributed by atoms with Gasteiger partial charge in [0.15, 0.2) is 0 Å². The molecule has 0 aromatic rings. The minimum atomic E-state index is -0.703. The Kier molecular flexibility index (Phi) is 2.02. The van der Waals surface area contributed by atoms with Crippen LogP contribution in [-0.4, -0.2) is 17.0 Å². The van der Waals surface area contributed by atoms with Crippen LogP contribution in [0.1, 0.15) is 6.42 Å². The van der Waals surface area contributed by atoms with Gasteiger partial charge < -0.3 is 5.11 Å². The average Bonchev–Trinajstić information content (AvgIpc) is 2.34. The average molecular weight is 138 g/mol. The summed E-state index contributed by atoms with van der Waals surface area (Å²) in [6.45, 7) is 3.40. The fourth-order valence-electron chi connectivity index (χ4n) is 1.03. The molecule has 0 saturated heterocycles. The summed E-state index contributed by atoms with van der Waals surface area (Å²) in [7, 11) is 0. The first-order valence-corrected chi connectivity index (χ1v) is 3.25. The first-order chi connectivity index (χ1) is 4.75. The summed E-state index contributed by atoms with van der Waals surface area (Å²) in [4.78, 5) is 10.9. The summed E-state index contributed by atoms with van der Waals surface area (Å²) in [5.41, 5.74) is 0. The highest BCUT2D eigenvalue weighted by atomic mass is 16.3. The van der Waals surface area contributed by atoms with Crippen molar-refractivity contribution in [2.45, 2.75) is 12.5 Å². The van der Waals surface area contributed by atoms with Gasteiger partial charge in [-0.1, -0.05) is 18.2 Å². The Labute approximate surface area is 59.9 Å². The monoisotopic (exact) mass is 138 g/mol. The quantitative estimate of drug-likeness (QED) is 0.570. The smallest absolute Gasteiger partial charge is 0.146 e. The van der Waals surface area contributed by atoms with Gasteiger partial charge in [-0.3, -0.25) is 4.79 Å². The molecule has 0 aliphatic heterocycles. The second-order valence-electron chi connectivity index (χ2n) is 2.35. The van der Waals surface area contributed by atoms with Crippen LogP contribution >= 0.6 is 0 Å². The van der Waals surface area contributed by atoms with Crippen molar-refractivity contribution in [3.05, 3.63) is 24.8 Å². The van der Waals surface area contributed by atoms with Crippen LogP contribution in [0.4, 0.5) is 0 Å². The van der Waals surface area contributed by atoms with Crippen molar-refractivity contribution < 1.29 is 9.90 Å². The van der Waals surface area contributed by atoms with E-state index >= 15 is 0 Å². The number of aliphatic hydroxyl groups is 1. The number of aliphatic hydroxyl groups excluding tert-OH is 1. The molecule has 0 fully saturated rings. The number of hydrogen-bond donors (Lipinski definition) is 1. The van der Waals surface area contributed by atoms with Crippen LogP contribution in [0.3, 0.4) is 0 Å². The predicted octanol–water partition coefficient (Wildman–Crippen LogP) is 0.678. The molecule has 1 rings (SSSR count). The highest BCUT2D eigenvalue weighted by molar-refractivity contribution is 5.87. The minimum Gasteiger partial charge on any atom is -0.388 e. The van der Waals surface area contributed by atoms with Crippen molar-refractivity contribution in [1.82, 2.24) is 0 Å². The van der Waals surface area contributed by atoms with Gasteiger partial charge in [-0.2, -0.15) is 0 Å². The summed E-state index contributed by atoms with van der Waals surface area (Å²) in [5, 5.41) is 9.14. The third-order valence-corrected chi connectivity index (χ3v) is 1.64. The number of carbonyl (C=O) groups excluding carboxylic acids is 1. The topological polar surface area (TPSA) is 37.3 Å². The van der Waals surface area contributed by atoms with Gasteiger partial charge in [0, 0.05) is 6.42 Å². The minimum absolute atomic E-state index is 0.0763. The third kappa shape index (κ3) is 1.16. The molecule has 2 nitrogen and oxygen atoms in total. The zero-order valence-electron chi connectivity index (χ0n) is 5.66. The van der Waals surface area contributed by atoms with Crippen molar-refractivity contribution in [3.63, 3.8) is 0 Å². The van der Waals surface area contributed by atoms with E-state index in [1.807, 2.05) is 0 Å². The molecule has 1 aliphatic carbocycles. The SMILES string of the molecule is C=CC(O)C1C=CCC1=O. The van der Waals surface area contributed by atoms with E-state index in [0.717, 1.165) is 0 Å². The van der Waals surface area contributed by atoms with Crippen molar-refractivity contribution in [1.29, 1.82) is 0 Å². The summed E-state index contributed by atoms with van der Waals surface area (Å²) in [6, 6.07) is 0. The Morgan fingerprint density at radius 1 is 1.90 bits per heavy atom. The molecule has 0 aromatic heterocycles. The maximum Gasteiger partial charge on any atom is 0.146 e. The highest BCUT2D eigenvalue weighted by Gasteiger charge is 2.24. The Bertz CT molecular complexity index is 182. The fraction of sp³-hybridized carbons (Fsp3) is 0.375. The van der Waals surface area contributed by atoms with Crippen LogP contribution < -0.4 is 0 Å². The fourth-order valence-corrected chi connectivity index (χ4v) is 1.03. The van der Waals surface area contributed by atoms with E-state index < -0.39 is 6.10 Å². The zero-order chi connectivity index (χ0) is 7.56.